The summed E-state index contributed by atoms with van der Waals surface area (Å²) in [5.74, 6) is 2.39. The number of esters is 1. The molecule has 0 amide bonds. The first-order chi connectivity index (χ1) is 13.2. The smallest absolute Gasteiger partial charge is 0.344 e. The third-order valence-electron chi connectivity index (χ3n) is 3.53. The van der Waals surface area contributed by atoms with E-state index in [9.17, 15) is 4.79 Å². The van der Waals surface area contributed by atoms with E-state index in [1.165, 1.54) is 11.8 Å². The lowest BCUT2D eigenvalue weighted by Gasteiger charge is -2.09. The minimum atomic E-state index is -0.415. The van der Waals surface area contributed by atoms with Crippen LogP contribution in [0.15, 0.2) is 57.9 Å². The number of benzene rings is 2. The average molecular weight is 384 g/mol. The zero-order valence-electron chi connectivity index (χ0n) is 15.2. The number of hydrogen-bond acceptors (Lipinski definition) is 7. The van der Waals surface area contributed by atoms with Gasteiger partial charge in [-0.25, -0.2) is 4.79 Å². The number of hydrogen-bond donors (Lipinski definition) is 0. The molecular weight excluding hydrogens is 364 g/mol. The van der Waals surface area contributed by atoms with E-state index in [-0.39, 0.29) is 0 Å². The van der Waals surface area contributed by atoms with E-state index >= 15 is 0 Å². The maximum absolute atomic E-state index is 12.6. The van der Waals surface area contributed by atoms with Crippen molar-refractivity contribution >= 4 is 17.7 Å². The number of rotatable bonds is 8. The molecule has 140 valence electrons. The topological polar surface area (TPSA) is 74.5 Å². The van der Waals surface area contributed by atoms with Crippen molar-refractivity contribution < 1.29 is 18.8 Å². The van der Waals surface area contributed by atoms with Gasteiger partial charge < -0.3 is 14.0 Å². The Morgan fingerprint density at radius 3 is 2.56 bits per heavy atom. The normalized spacial score (nSPS) is 10.6. The molecule has 3 rings (SSSR count). The van der Waals surface area contributed by atoms with Gasteiger partial charge in [0.05, 0.1) is 17.9 Å². The van der Waals surface area contributed by atoms with Crippen LogP contribution in [0, 0.1) is 6.92 Å². The van der Waals surface area contributed by atoms with Gasteiger partial charge in [-0.05, 0) is 49.7 Å². The van der Waals surface area contributed by atoms with Crippen LogP contribution in [0.3, 0.4) is 0 Å². The first-order valence-electron chi connectivity index (χ1n) is 8.61. The van der Waals surface area contributed by atoms with Crippen molar-refractivity contribution in [3.8, 4) is 11.5 Å². The number of thioether (sulfide) groups is 1. The highest BCUT2D eigenvalue weighted by Gasteiger charge is 2.15. The minimum absolute atomic E-state index is 0.415. The van der Waals surface area contributed by atoms with Crippen LogP contribution < -0.4 is 9.47 Å². The van der Waals surface area contributed by atoms with Gasteiger partial charge in [-0.15, -0.1) is 11.8 Å². The largest absolute Gasteiger partial charge is 0.494 e. The zero-order chi connectivity index (χ0) is 19.1. The number of aromatic nitrogens is 2. The Hall–Kier alpha value is -2.80. The van der Waals surface area contributed by atoms with Crippen molar-refractivity contribution in [2.24, 2.45) is 0 Å². The summed E-state index contributed by atoms with van der Waals surface area (Å²) in [6.07, 6.45) is 0.939. The molecule has 0 bridgehead atoms. The molecule has 0 N–H and O–H groups in total. The van der Waals surface area contributed by atoms with Crippen LogP contribution in [-0.2, 0) is 5.75 Å². The minimum Gasteiger partial charge on any atom is -0.494 e. The van der Waals surface area contributed by atoms with Crippen molar-refractivity contribution in [1.29, 1.82) is 0 Å². The summed E-state index contributed by atoms with van der Waals surface area (Å²) < 4.78 is 16.1. The van der Waals surface area contributed by atoms with E-state index in [1.807, 2.05) is 19.1 Å². The highest BCUT2D eigenvalue weighted by atomic mass is 32.2. The molecule has 0 aliphatic heterocycles. The van der Waals surface area contributed by atoms with E-state index in [0.29, 0.717) is 35.4 Å². The van der Waals surface area contributed by atoms with Gasteiger partial charge in [-0.1, -0.05) is 24.2 Å². The second-order valence-electron chi connectivity index (χ2n) is 5.73. The van der Waals surface area contributed by atoms with Gasteiger partial charge in [-0.2, -0.15) is 4.98 Å². The zero-order valence-corrected chi connectivity index (χ0v) is 16.0. The molecule has 7 heteroatoms. The number of carbonyl (C=O) groups excluding carboxylic acids is 1. The lowest BCUT2D eigenvalue weighted by atomic mass is 10.2. The summed E-state index contributed by atoms with van der Waals surface area (Å²) in [7, 11) is 0. The van der Waals surface area contributed by atoms with Gasteiger partial charge in [0.2, 0.25) is 5.89 Å². The Morgan fingerprint density at radius 2 is 1.85 bits per heavy atom. The van der Waals surface area contributed by atoms with Crippen molar-refractivity contribution in [2.75, 3.05) is 6.61 Å². The fourth-order valence-electron chi connectivity index (χ4n) is 2.29. The Kier molecular flexibility index (Phi) is 6.49. The lowest BCUT2D eigenvalue weighted by molar-refractivity contribution is 0.0731. The molecule has 0 atom stereocenters. The highest BCUT2D eigenvalue weighted by Crippen LogP contribution is 2.27. The molecule has 0 saturated carbocycles. The molecule has 0 spiro atoms. The SMILES string of the molecule is CCCOc1ccc(OC(=O)c2ccccc2SCc2nc(C)no2)cc1. The third-order valence-corrected chi connectivity index (χ3v) is 4.59. The molecule has 0 unspecified atom stereocenters. The Morgan fingerprint density at radius 1 is 1.11 bits per heavy atom. The van der Waals surface area contributed by atoms with E-state index in [0.717, 1.165) is 17.1 Å². The second-order valence-corrected chi connectivity index (χ2v) is 6.75. The first kappa shape index (κ1) is 19.0. The van der Waals surface area contributed by atoms with E-state index in [1.54, 1.807) is 43.3 Å². The van der Waals surface area contributed by atoms with Gasteiger partial charge in [0, 0.05) is 4.90 Å². The molecule has 0 fully saturated rings. The van der Waals surface area contributed by atoms with Crippen LogP contribution in [0.2, 0.25) is 0 Å². The summed E-state index contributed by atoms with van der Waals surface area (Å²) >= 11 is 1.45. The van der Waals surface area contributed by atoms with Crippen LogP contribution in [0.4, 0.5) is 0 Å². The average Bonchev–Trinajstić information content (AvgIpc) is 3.11. The summed E-state index contributed by atoms with van der Waals surface area (Å²) in [6.45, 7) is 4.47. The molecule has 0 aliphatic rings. The van der Waals surface area contributed by atoms with Crippen molar-refractivity contribution in [3.63, 3.8) is 0 Å². The number of ether oxygens (including phenoxy) is 2. The van der Waals surface area contributed by atoms with Crippen LogP contribution in [0.1, 0.15) is 35.4 Å². The maximum atomic E-state index is 12.6. The quantitative estimate of drug-likeness (QED) is 0.317. The Labute approximate surface area is 161 Å². The summed E-state index contributed by atoms with van der Waals surface area (Å²) in [4.78, 5) is 17.6. The maximum Gasteiger partial charge on any atom is 0.344 e. The predicted octanol–water partition coefficient (Wildman–Crippen LogP) is 4.68. The standard InChI is InChI=1S/C20H20N2O4S/c1-3-12-24-15-8-10-16(11-9-15)25-20(23)17-6-4-5-7-18(17)27-13-19-21-14(2)22-26-19/h4-11H,3,12-13H2,1-2H3. The summed E-state index contributed by atoms with van der Waals surface area (Å²) in [5.41, 5.74) is 0.491. The molecule has 27 heavy (non-hydrogen) atoms. The molecule has 0 saturated heterocycles. The van der Waals surface area contributed by atoms with Gasteiger partial charge in [0.1, 0.15) is 11.5 Å². The van der Waals surface area contributed by atoms with Gasteiger partial charge >= 0.3 is 5.97 Å². The van der Waals surface area contributed by atoms with Crippen LogP contribution in [-0.4, -0.2) is 22.7 Å². The molecule has 3 aromatic rings. The lowest BCUT2D eigenvalue weighted by Crippen LogP contribution is -2.09. The molecule has 0 aliphatic carbocycles. The Bertz CT molecular complexity index is 893. The molecule has 6 nitrogen and oxygen atoms in total. The first-order valence-corrected chi connectivity index (χ1v) is 9.60. The predicted molar refractivity (Wildman–Crippen MR) is 102 cm³/mol. The van der Waals surface area contributed by atoms with Crippen molar-refractivity contribution in [1.82, 2.24) is 10.1 Å². The highest BCUT2D eigenvalue weighted by molar-refractivity contribution is 7.98. The summed E-state index contributed by atoms with van der Waals surface area (Å²) in [5, 5.41) is 3.77. The molecule has 1 heterocycles. The Balaban J connectivity index is 1.65. The molecular formula is C20H20N2O4S. The summed E-state index contributed by atoms with van der Waals surface area (Å²) in [6, 6.07) is 14.3. The monoisotopic (exact) mass is 384 g/mol. The second kappa shape index (κ2) is 9.23. The number of carbonyl (C=O) groups is 1. The van der Waals surface area contributed by atoms with Crippen molar-refractivity contribution in [3.05, 3.63) is 65.8 Å². The molecule has 2 aromatic carbocycles. The fraction of sp³-hybridized carbons (Fsp3) is 0.250. The van der Waals surface area contributed by atoms with E-state index < -0.39 is 5.97 Å². The van der Waals surface area contributed by atoms with Crippen LogP contribution in [0.5, 0.6) is 11.5 Å². The van der Waals surface area contributed by atoms with E-state index in [2.05, 4.69) is 10.1 Å². The van der Waals surface area contributed by atoms with Crippen LogP contribution >= 0.6 is 11.8 Å². The van der Waals surface area contributed by atoms with Gasteiger partial charge in [-0.3, -0.25) is 0 Å². The van der Waals surface area contributed by atoms with Gasteiger partial charge in [0.25, 0.3) is 0 Å². The van der Waals surface area contributed by atoms with Gasteiger partial charge in [0.15, 0.2) is 5.82 Å². The van der Waals surface area contributed by atoms with Crippen LogP contribution in [0.25, 0.3) is 0 Å². The number of nitrogens with zero attached hydrogens (tertiary/aromatic N) is 2. The number of aryl methyl sites for hydroxylation is 1. The van der Waals surface area contributed by atoms with E-state index in [4.69, 9.17) is 14.0 Å². The van der Waals surface area contributed by atoms with Crippen molar-refractivity contribution in [2.45, 2.75) is 30.9 Å². The third kappa shape index (κ3) is 5.34. The molecule has 0 radical (unpaired) electrons. The fourth-order valence-corrected chi connectivity index (χ4v) is 3.16. The molecule has 1 aromatic heterocycles.